The molecule has 0 radical (unpaired) electrons. The Balaban J connectivity index is 2.23. The van der Waals surface area contributed by atoms with Gasteiger partial charge in [-0.2, -0.15) is 0 Å². The van der Waals surface area contributed by atoms with E-state index in [2.05, 4.69) is 36.4 Å². The van der Waals surface area contributed by atoms with Gasteiger partial charge in [0.2, 0.25) is 0 Å². The summed E-state index contributed by atoms with van der Waals surface area (Å²) in [6, 6.07) is 12.8. The molecule has 3 rings (SSSR count). The van der Waals surface area contributed by atoms with E-state index in [4.69, 9.17) is 9.05 Å². The van der Waals surface area contributed by atoms with Gasteiger partial charge in [0.05, 0.1) is 6.61 Å². The molecule has 16 heavy (non-hydrogen) atoms. The molecule has 82 valence electrons. The second kappa shape index (κ2) is 4.14. The van der Waals surface area contributed by atoms with E-state index in [9.17, 15) is 0 Å². The number of hydrogen-bond donors (Lipinski definition) is 0. The predicted molar refractivity (Wildman–Crippen MR) is 66.4 cm³/mol. The first-order chi connectivity index (χ1) is 7.88. The zero-order valence-corrected chi connectivity index (χ0v) is 10.0. The molecule has 0 bridgehead atoms. The molecule has 1 unspecified atom stereocenters. The van der Waals surface area contributed by atoms with Gasteiger partial charge in [-0.25, -0.2) is 0 Å². The lowest BCUT2D eigenvalue weighted by Crippen LogP contribution is -1.87. The summed E-state index contributed by atoms with van der Waals surface area (Å²) in [5.74, 6) is 0. The van der Waals surface area contributed by atoms with Crippen molar-refractivity contribution in [1.29, 1.82) is 0 Å². The molecule has 1 atom stereocenters. The molecule has 3 heteroatoms. The van der Waals surface area contributed by atoms with Crippen molar-refractivity contribution in [3.05, 3.63) is 47.5 Å². The third kappa shape index (κ3) is 1.63. The minimum Gasteiger partial charge on any atom is -0.337 e. The fourth-order valence-electron chi connectivity index (χ4n) is 2.20. The second-order valence-electron chi connectivity index (χ2n) is 3.88. The van der Waals surface area contributed by atoms with E-state index in [-0.39, 0.29) is 0 Å². The molecule has 1 heterocycles. The van der Waals surface area contributed by atoms with Crippen LogP contribution in [0, 0.1) is 0 Å². The minimum absolute atomic E-state index is 0.661. The summed E-state index contributed by atoms with van der Waals surface area (Å²) in [7, 11) is 0.956. The first kappa shape index (κ1) is 10.2. The maximum absolute atomic E-state index is 5.77. The number of hydrogen-bond acceptors (Lipinski definition) is 2. The SMILES string of the molecule is COP1Cc2cccc3cccc(c23)CO1. The van der Waals surface area contributed by atoms with Crippen LogP contribution in [0.3, 0.4) is 0 Å². The van der Waals surface area contributed by atoms with E-state index >= 15 is 0 Å². The Morgan fingerprint density at radius 3 is 2.62 bits per heavy atom. The lowest BCUT2D eigenvalue weighted by atomic mass is 10.0. The first-order valence-corrected chi connectivity index (χ1v) is 6.69. The Bertz CT molecular complexity index is 519. The molecule has 2 aromatic rings. The molecular formula is C13H13O2P. The predicted octanol–water partition coefficient (Wildman–Crippen LogP) is 3.83. The molecule has 0 fully saturated rings. The third-order valence-electron chi connectivity index (χ3n) is 2.94. The van der Waals surface area contributed by atoms with E-state index in [1.54, 1.807) is 7.11 Å². The zero-order chi connectivity index (χ0) is 11.0. The Morgan fingerprint density at radius 1 is 1.12 bits per heavy atom. The maximum atomic E-state index is 5.77. The Kier molecular flexibility index (Phi) is 2.64. The van der Waals surface area contributed by atoms with Crippen molar-refractivity contribution in [2.75, 3.05) is 7.11 Å². The summed E-state index contributed by atoms with van der Waals surface area (Å²) in [6.45, 7) is 0.661. The minimum atomic E-state index is -0.768. The molecule has 2 aromatic carbocycles. The van der Waals surface area contributed by atoms with Gasteiger partial charge in [-0.05, 0) is 21.9 Å². The summed E-state index contributed by atoms with van der Waals surface area (Å²) >= 11 is 0. The van der Waals surface area contributed by atoms with E-state index in [0.717, 1.165) is 6.16 Å². The maximum Gasteiger partial charge on any atom is 0.175 e. The Morgan fingerprint density at radius 2 is 1.88 bits per heavy atom. The van der Waals surface area contributed by atoms with Gasteiger partial charge in [0, 0.05) is 13.3 Å². The highest BCUT2D eigenvalue weighted by atomic mass is 31.2. The van der Waals surface area contributed by atoms with Gasteiger partial charge in [0.25, 0.3) is 0 Å². The number of rotatable bonds is 1. The van der Waals surface area contributed by atoms with Crippen molar-refractivity contribution in [3.63, 3.8) is 0 Å². The van der Waals surface area contributed by atoms with Crippen LogP contribution in [0.15, 0.2) is 36.4 Å². The Hall–Kier alpha value is -0.950. The molecule has 0 aliphatic carbocycles. The van der Waals surface area contributed by atoms with Crippen molar-refractivity contribution in [2.45, 2.75) is 12.8 Å². The highest BCUT2D eigenvalue weighted by Crippen LogP contribution is 2.46. The van der Waals surface area contributed by atoms with E-state index < -0.39 is 8.38 Å². The van der Waals surface area contributed by atoms with Crippen molar-refractivity contribution >= 4 is 19.1 Å². The van der Waals surface area contributed by atoms with Crippen molar-refractivity contribution < 1.29 is 9.05 Å². The van der Waals surface area contributed by atoms with Gasteiger partial charge in [-0.15, -0.1) is 0 Å². The quantitative estimate of drug-likeness (QED) is 0.696. The Labute approximate surface area is 96.1 Å². The van der Waals surface area contributed by atoms with Crippen molar-refractivity contribution in [3.8, 4) is 0 Å². The van der Waals surface area contributed by atoms with Gasteiger partial charge in [-0.3, -0.25) is 0 Å². The molecular weight excluding hydrogens is 219 g/mol. The lowest BCUT2D eigenvalue weighted by molar-refractivity contribution is 0.276. The van der Waals surface area contributed by atoms with Crippen LogP contribution in [0.1, 0.15) is 11.1 Å². The largest absolute Gasteiger partial charge is 0.337 e. The fraction of sp³-hybridized carbons (Fsp3) is 0.231. The van der Waals surface area contributed by atoms with Crippen molar-refractivity contribution in [1.82, 2.24) is 0 Å². The highest BCUT2D eigenvalue weighted by Gasteiger charge is 2.18. The third-order valence-corrected chi connectivity index (χ3v) is 4.37. The average Bonchev–Trinajstić information content (AvgIpc) is 2.51. The number of benzene rings is 2. The normalized spacial score (nSPS) is 19.7. The van der Waals surface area contributed by atoms with Crippen LogP contribution < -0.4 is 0 Å². The van der Waals surface area contributed by atoms with Crippen LogP contribution in [0.4, 0.5) is 0 Å². The van der Waals surface area contributed by atoms with Crippen molar-refractivity contribution in [2.24, 2.45) is 0 Å². The monoisotopic (exact) mass is 232 g/mol. The lowest BCUT2D eigenvalue weighted by Gasteiger charge is -2.11. The second-order valence-corrected chi connectivity index (χ2v) is 5.48. The van der Waals surface area contributed by atoms with E-state index in [0.29, 0.717) is 6.61 Å². The van der Waals surface area contributed by atoms with Gasteiger partial charge >= 0.3 is 0 Å². The smallest absolute Gasteiger partial charge is 0.175 e. The van der Waals surface area contributed by atoms with Gasteiger partial charge in [0.15, 0.2) is 8.38 Å². The van der Waals surface area contributed by atoms with Gasteiger partial charge in [0.1, 0.15) is 0 Å². The first-order valence-electron chi connectivity index (χ1n) is 5.32. The van der Waals surface area contributed by atoms with Crippen LogP contribution in [-0.4, -0.2) is 7.11 Å². The van der Waals surface area contributed by atoms with Crippen LogP contribution in [0.2, 0.25) is 0 Å². The molecule has 2 nitrogen and oxygen atoms in total. The molecule has 1 aliphatic rings. The molecule has 0 saturated carbocycles. The standard InChI is InChI=1S/C13H13O2P/c1-14-16-9-12-7-3-5-10-4-2-6-11(8-15-16)13(10)12/h2-7H,8-9H2,1H3. The average molecular weight is 232 g/mol. The molecule has 0 amide bonds. The van der Waals surface area contributed by atoms with Crippen LogP contribution in [-0.2, 0) is 21.8 Å². The molecule has 0 saturated heterocycles. The molecule has 1 aliphatic heterocycles. The van der Waals surface area contributed by atoms with E-state index in [1.807, 2.05) is 0 Å². The van der Waals surface area contributed by atoms with E-state index in [1.165, 1.54) is 21.9 Å². The van der Waals surface area contributed by atoms with Crippen LogP contribution in [0.5, 0.6) is 0 Å². The summed E-state index contributed by atoms with van der Waals surface area (Å²) in [5, 5.41) is 2.65. The molecule has 0 aromatic heterocycles. The van der Waals surface area contributed by atoms with Gasteiger partial charge < -0.3 is 9.05 Å². The summed E-state index contributed by atoms with van der Waals surface area (Å²) in [5.41, 5.74) is 2.62. The molecule has 0 N–H and O–H groups in total. The van der Waals surface area contributed by atoms with Crippen LogP contribution >= 0.6 is 8.38 Å². The fourth-order valence-corrected chi connectivity index (χ4v) is 3.35. The highest BCUT2D eigenvalue weighted by molar-refractivity contribution is 7.46. The molecule has 0 spiro atoms. The topological polar surface area (TPSA) is 18.5 Å². The zero-order valence-electron chi connectivity index (χ0n) is 9.14. The summed E-state index contributed by atoms with van der Waals surface area (Å²) in [6.07, 6.45) is 0.889. The van der Waals surface area contributed by atoms with Gasteiger partial charge in [-0.1, -0.05) is 36.4 Å². The van der Waals surface area contributed by atoms with Crippen LogP contribution in [0.25, 0.3) is 10.8 Å². The summed E-state index contributed by atoms with van der Waals surface area (Å²) in [4.78, 5) is 0. The summed E-state index contributed by atoms with van der Waals surface area (Å²) < 4.78 is 11.1.